The van der Waals surface area contributed by atoms with Crippen molar-refractivity contribution in [2.24, 2.45) is 0 Å². The lowest BCUT2D eigenvalue weighted by Crippen LogP contribution is -2.29. The van der Waals surface area contributed by atoms with Gasteiger partial charge in [0.25, 0.3) is 11.7 Å². The number of ketones is 1. The zero-order valence-corrected chi connectivity index (χ0v) is 19.9. The van der Waals surface area contributed by atoms with Crippen LogP contribution < -0.4 is 14.2 Å². The van der Waals surface area contributed by atoms with Crippen LogP contribution in [0, 0.1) is 6.92 Å². The molecule has 8 heteroatoms. The number of amides is 1. The summed E-state index contributed by atoms with van der Waals surface area (Å²) in [5.41, 5.74) is 2.53. The summed E-state index contributed by atoms with van der Waals surface area (Å²) in [4.78, 5) is 32.1. The quantitative estimate of drug-likeness (QED) is 0.314. The molecule has 1 aromatic heterocycles. The molecule has 4 rings (SSSR count). The fraction of sp³-hybridized carbons (Fsp3) is 0.222. The first-order chi connectivity index (χ1) is 16.9. The van der Waals surface area contributed by atoms with Crippen LogP contribution in [0.5, 0.6) is 17.2 Å². The van der Waals surface area contributed by atoms with Crippen molar-refractivity contribution in [2.75, 3.05) is 21.3 Å². The molecule has 0 spiro atoms. The summed E-state index contributed by atoms with van der Waals surface area (Å²) in [5, 5.41) is 11.3. The molecule has 35 heavy (non-hydrogen) atoms. The minimum Gasteiger partial charge on any atom is -0.507 e. The molecular weight excluding hydrogens is 448 g/mol. The lowest BCUT2D eigenvalue weighted by molar-refractivity contribution is -0.140. The van der Waals surface area contributed by atoms with Gasteiger partial charge in [0.05, 0.1) is 32.9 Å². The summed E-state index contributed by atoms with van der Waals surface area (Å²) in [5.74, 6) is -0.138. The highest BCUT2D eigenvalue weighted by Crippen LogP contribution is 2.42. The number of rotatable bonds is 7. The summed E-state index contributed by atoms with van der Waals surface area (Å²) >= 11 is 0. The number of methoxy groups -OCH3 is 3. The van der Waals surface area contributed by atoms with E-state index < -0.39 is 17.7 Å². The van der Waals surface area contributed by atoms with Gasteiger partial charge >= 0.3 is 0 Å². The van der Waals surface area contributed by atoms with Gasteiger partial charge in [0.1, 0.15) is 11.5 Å². The van der Waals surface area contributed by atoms with E-state index in [1.807, 2.05) is 13.0 Å². The molecule has 1 amide bonds. The number of hydrogen-bond donors (Lipinski definition) is 1. The molecule has 0 saturated carbocycles. The third-order valence-electron chi connectivity index (χ3n) is 6.01. The van der Waals surface area contributed by atoms with E-state index in [-0.39, 0.29) is 17.9 Å². The van der Waals surface area contributed by atoms with Crippen LogP contribution in [0.4, 0.5) is 0 Å². The van der Waals surface area contributed by atoms with Crippen LogP contribution in [0.3, 0.4) is 0 Å². The van der Waals surface area contributed by atoms with E-state index in [0.29, 0.717) is 28.4 Å². The maximum absolute atomic E-state index is 13.3. The van der Waals surface area contributed by atoms with Crippen molar-refractivity contribution >= 4 is 17.4 Å². The number of ether oxygens (including phenoxy) is 3. The Morgan fingerprint density at radius 2 is 1.69 bits per heavy atom. The Morgan fingerprint density at radius 1 is 0.971 bits per heavy atom. The first-order valence-electron chi connectivity index (χ1n) is 10.9. The van der Waals surface area contributed by atoms with Crippen molar-refractivity contribution < 1.29 is 28.9 Å². The van der Waals surface area contributed by atoms with Crippen LogP contribution in [0.1, 0.15) is 28.3 Å². The van der Waals surface area contributed by atoms with Crippen LogP contribution in [0.2, 0.25) is 0 Å². The van der Waals surface area contributed by atoms with Gasteiger partial charge in [-0.3, -0.25) is 14.6 Å². The van der Waals surface area contributed by atoms with Gasteiger partial charge in [-0.25, -0.2) is 0 Å². The Labute approximate surface area is 203 Å². The fourth-order valence-corrected chi connectivity index (χ4v) is 4.28. The molecule has 8 nitrogen and oxygen atoms in total. The zero-order chi connectivity index (χ0) is 25.1. The summed E-state index contributed by atoms with van der Waals surface area (Å²) in [6.45, 7) is 1.97. The maximum atomic E-state index is 13.3. The number of aromatic nitrogens is 1. The first kappa shape index (κ1) is 23.8. The molecule has 180 valence electrons. The fourth-order valence-electron chi connectivity index (χ4n) is 4.28. The summed E-state index contributed by atoms with van der Waals surface area (Å²) in [7, 11) is 4.59. The third-order valence-corrected chi connectivity index (χ3v) is 6.01. The van der Waals surface area contributed by atoms with Gasteiger partial charge in [-0.2, -0.15) is 0 Å². The highest BCUT2D eigenvalue weighted by molar-refractivity contribution is 6.46. The van der Waals surface area contributed by atoms with Crippen molar-refractivity contribution in [2.45, 2.75) is 19.5 Å². The maximum Gasteiger partial charge on any atom is 0.295 e. The average molecular weight is 475 g/mol. The zero-order valence-electron chi connectivity index (χ0n) is 19.9. The minimum atomic E-state index is -0.850. The molecule has 2 heterocycles. The molecule has 1 fully saturated rings. The van der Waals surface area contributed by atoms with Crippen LogP contribution in [-0.4, -0.2) is 48.0 Å². The van der Waals surface area contributed by atoms with E-state index in [9.17, 15) is 14.7 Å². The smallest absolute Gasteiger partial charge is 0.295 e. The molecule has 0 aliphatic carbocycles. The predicted octanol–water partition coefficient (Wildman–Crippen LogP) is 4.04. The molecule has 1 atom stereocenters. The van der Waals surface area contributed by atoms with E-state index in [2.05, 4.69) is 4.98 Å². The Hall–Kier alpha value is -4.33. The number of benzene rings is 2. The SMILES string of the molecule is COc1ccc(C(O)=C2C(=O)C(=O)N(Cc3cccnc3)C2c2ccc(OC)c(OC)c2)cc1C. The molecule has 1 aliphatic rings. The largest absolute Gasteiger partial charge is 0.507 e. The molecule has 3 aromatic rings. The van der Waals surface area contributed by atoms with Crippen LogP contribution in [-0.2, 0) is 16.1 Å². The number of aliphatic hydroxyl groups excluding tert-OH is 1. The lowest BCUT2D eigenvalue weighted by Gasteiger charge is -2.26. The Balaban J connectivity index is 1.90. The number of carbonyl (C=O) groups excluding carboxylic acids is 2. The molecule has 0 radical (unpaired) electrons. The van der Waals surface area contributed by atoms with E-state index in [1.54, 1.807) is 62.0 Å². The normalized spacial score (nSPS) is 16.9. The molecule has 1 N–H and O–H groups in total. The Bertz CT molecular complexity index is 1300. The van der Waals surface area contributed by atoms with Crippen LogP contribution in [0.15, 0.2) is 66.5 Å². The average Bonchev–Trinajstić information content (AvgIpc) is 3.13. The van der Waals surface area contributed by atoms with E-state index in [4.69, 9.17) is 14.2 Å². The topological polar surface area (TPSA) is 98.2 Å². The van der Waals surface area contributed by atoms with Gasteiger partial charge in [0, 0.05) is 24.5 Å². The monoisotopic (exact) mass is 474 g/mol. The molecule has 1 saturated heterocycles. The number of likely N-dealkylation sites (tertiary alicyclic amines) is 1. The van der Waals surface area contributed by atoms with Crippen molar-refractivity contribution in [1.29, 1.82) is 0 Å². The third kappa shape index (κ3) is 4.42. The van der Waals surface area contributed by atoms with Gasteiger partial charge in [-0.05, 0) is 60.0 Å². The Morgan fingerprint density at radius 3 is 2.31 bits per heavy atom. The second-order valence-electron chi connectivity index (χ2n) is 8.09. The number of hydrogen-bond acceptors (Lipinski definition) is 7. The number of aliphatic hydroxyl groups is 1. The standard InChI is InChI=1S/C27H26N2O6/c1-16-12-19(8-9-20(16)33-2)25(30)23-24(18-7-10-21(34-3)22(13-18)35-4)29(27(32)26(23)31)15-17-6-5-11-28-14-17/h5-14,24,30H,15H2,1-4H3. The molecule has 2 aromatic carbocycles. The van der Waals surface area contributed by atoms with E-state index in [0.717, 1.165) is 11.1 Å². The van der Waals surface area contributed by atoms with Gasteiger partial charge in [-0.15, -0.1) is 0 Å². The lowest BCUT2D eigenvalue weighted by atomic mass is 9.94. The number of pyridine rings is 1. The predicted molar refractivity (Wildman–Crippen MR) is 129 cm³/mol. The second-order valence-corrected chi connectivity index (χ2v) is 8.09. The van der Waals surface area contributed by atoms with Crippen LogP contribution in [0.25, 0.3) is 5.76 Å². The highest BCUT2D eigenvalue weighted by Gasteiger charge is 2.46. The summed E-state index contributed by atoms with van der Waals surface area (Å²) in [6.07, 6.45) is 3.27. The number of nitrogens with zero attached hydrogens (tertiary/aromatic N) is 2. The molecule has 1 unspecified atom stereocenters. The van der Waals surface area contributed by atoms with Gasteiger partial charge in [0.15, 0.2) is 11.5 Å². The van der Waals surface area contributed by atoms with Crippen molar-refractivity contribution in [3.8, 4) is 17.2 Å². The summed E-state index contributed by atoms with van der Waals surface area (Å²) in [6, 6.07) is 13.0. The van der Waals surface area contributed by atoms with Gasteiger partial charge in [-0.1, -0.05) is 12.1 Å². The van der Waals surface area contributed by atoms with Crippen LogP contribution >= 0.6 is 0 Å². The van der Waals surface area contributed by atoms with E-state index in [1.165, 1.54) is 19.1 Å². The number of carbonyl (C=O) groups is 2. The van der Waals surface area contributed by atoms with E-state index >= 15 is 0 Å². The number of aryl methyl sites for hydroxylation is 1. The number of Topliss-reactive ketones (excluding diaryl/α,β-unsaturated/α-hetero) is 1. The first-order valence-corrected chi connectivity index (χ1v) is 10.9. The molecule has 1 aliphatic heterocycles. The highest BCUT2D eigenvalue weighted by atomic mass is 16.5. The molecule has 0 bridgehead atoms. The molecular formula is C27H26N2O6. The van der Waals surface area contributed by atoms with Crippen molar-refractivity contribution in [1.82, 2.24) is 9.88 Å². The van der Waals surface area contributed by atoms with Crippen molar-refractivity contribution in [3.63, 3.8) is 0 Å². The second kappa shape index (κ2) is 9.89. The minimum absolute atomic E-state index is 0.00400. The van der Waals surface area contributed by atoms with Crippen molar-refractivity contribution in [3.05, 3.63) is 88.8 Å². The van der Waals surface area contributed by atoms with Gasteiger partial charge in [0.2, 0.25) is 0 Å². The van der Waals surface area contributed by atoms with Gasteiger partial charge < -0.3 is 24.2 Å². The summed E-state index contributed by atoms with van der Waals surface area (Å²) < 4.78 is 16.1. The Kier molecular flexibility index (Phi) is 6.73.